The largest absolute Gasteiger partial charge is 0.662 e. The minimum atomic E-state index is -2.06. The number of hydrogen-bond acceptors (Lipinski definition) is 8. The predicted octanol–water partition coefficient (Wildman–Crippen LogP) is -3.11. The molecule has 0 atom stereocenters. The third-order valence-corrected chi connectivity index (χ3v) is 0.189. The Morgan fingerprint density at radius 2 is 0.800 bits per heavy atom. The van der Waals surface area contributed by atoms with E-state index in [0.29, 0.717) is 0 Å². The maximum absolute atomic E-state index is 7.44. The molecule has 0 amide bonds. The second-order valence-corrected chi connectivity index (χ2v) is 0.863. The van der Waals surface area contributed by atoms with Gasteiger partial charge in [-0.05, 0) is 0 Å². The van der Waals surface area contributed by atoms with Gasteiger partial charge in [-0.25, -0.2) is 9.61 Å². The van der Waals surface area contributed by atoms with E-state index in [0.717, 1.165) is 0 Å². The molecule has 60 valence electrons. The lowest BCUT2D eigenvalue weighted by molar-refractivity contribution is -0.173. The molecule has 0 aliphatic rings. The van der Waals surface area contributed by atoms with E-state index in [1.165, 1.54) is 0 Å². The van der Waals surface area contributed by atoms with Gasteiger partial charge in [0.05, 0.1) is 0 Å². The van der Waals surface area contributed by atoms with Crippen LogP contribution >= 0.6 is 0 Å². The van der Waals surface area contributed by atoms with E-state index in [-0.39, 0.29) is 0 Å². The summed E-state index contributed by atoms with van der Waals surface area (Å²) < 4.78 is 0. The number of rotatable bonds is 2. The van der Waals surface area contributed by atoms with E-state index < -0.39 is 14.6 Å². The zero-order valence-electron chi connectivity index (χ0n) is 4.65. The van der Waals surface area contributed by atoms with Crippen LogP contribution in [0.25, 0.3) is 0 Å². The van der Waals surface area contributed by atoms with Gasteiger partial charge >= 0.3 is 14.6 Å². The highest BCUT2D eigenvalue weighted by atomic mass is 17.1. The highest BCUT2D eigenvalue weighted by molar-refractivity contribution is 6.32. The Bertz CT molecular complexity index is 43.2. The Morgan fingerprint density at radius 3 is 0.800 bits per heavy atom. The van der Waals surface area contributed by atoms with Crippen LogP contribution in [-0.4, -0.2) is 45.3 Å². The first-order valence-corrected chi connectivity index (χ1v) is 1.87. The van der Waals surface area contributed by atoms with Crippen LogP contribution < -0.4 is 0 Å². The van der Waals surface area contributed by atoms with Gasteiger partial charge in [0.1, 0.15) is 0 Å². The summed E-state index contributed by atoms with van der Waals surface area (Å²) >= 11 is 0. The summed E-state index contributed by atoms with van der Waals surface area (Å²) in [5, 5.41) is 44.1. The lowest BCUT2D eigenvalue weighted by Gasteiger charge is -1.82. The molecule has 0 radical (unpaired) electrons. The summed E-state index contributed by atoms with van der Waals surface area (Å²) in [7, 11) is -4.12. The predicted molar refractivity (Wildman–Crippen MR) is 27.8 cm³/mol. The molecular formula is H6B2O8. The van der Waals surface area contributed by atoms with Gasteiger partial charge in [-0.2, -0.15) is 0 Å². The highest BCUT2D eigenvalue weighted by Gasteiger charge is 2.04. The Balaban J connectivity index is 0. The van der Waals surface area contributed by atoms with Crippen LogP contribution in [0.4, 0.5) is 0 Å². The molecule has 6 N–H and O–H groups in total. The summed E-state index contributed by atoms with van der Waals surface area (Å²) in [6.07, 6.45) is 0. The Labute approximate surface area is 56.1 Å². The Hall–Kier alpha value is -0.190. The fraction of sp³-hybridized carbons (Fsp3) is 0. The van der Waals surface area contributed by atoms with Gasteiger partial charge in [0.15, 0.2) is 0 Å². The molecule has 0 heterocycles. The van der Waals surface area contributed by atoms with Gasteiger partial charge in [-0.15, -0.1) is 0 Å². The van der Waals surface area contributed by atoms with Gasteiger partial charge in [0.25, 0.3) is 0 Å². The first-order valence-electron chi connectivity index (χ1n) is 1.87. The molecule has 0 fully saturated rings. The molecule has 0 rings (SSSR count). The molecule has 0 bridgehead atoms. The molecule has 0 saturated carbocycles. The molecule has 0 aromatic rings. The van der Waals surface area contributed by atoms with Crippen LogP contribution in [0.2, 0.25) is 0 Å². The molecule has 0 spiro atoms. The zero-order valence-corrected chi connectivity index (χ0v) is 4.65. The fourth-order valence-corrected chi connectivity index (χ4v) is 0. The fourth-order valence-electron chi connectivity index (χ4n) is 0. The lowest BCUT2D eigenvalue weighted by atomic mass is 10.3. The summed E-state index contributed by atoms with van der Waals surface area (Å²) in [5.74, 6) is 0. The Morgan fingerprint density at radius 1 is 0.700 bits per heavy atom. The van der Waals surface area contributed by atoms with Crippen LogP contribution in [0.3, 0.4) is 0 Å². The minimum absolute atomic E-state index is 2.06. The molecule has 0 aliphatic carbocycles. The highest BCUT2D eigenvalue weighted by Crippen LogP contribution is 1.59. The second kappa shape index (κ2) is 8.81. The molecule has 0 aliphatic heterocycles. The van der Waals surface area contributed by atoms with Crippen molar-refractivity contribution in [1.29, 1.82) is 0 Å². The van der Waals surface area contributed by atoms with Crippen molar-refractivity contribution in [2.24, 2.45) is 0 Å². The molecule has 0 unspecified atom stereocenters. The van der Waals surface area contributed by atoms with Crippen molar-refractivity contribution in [2.75, 3.05) is 0 Å². The average Bonchev–Trinajstić information content (AvgIpc) is 1.89. The van der Waals surface area contributed by atoms with Crippen molar-refractivity contribution in [3.63, 3.8) is 0 Å². The average molecular weight is 156 g/mol. The van der Waals surface area contributed by atoms with Crippen molar-refractivity contribution in [3.05, 3.63) is 0 Å². The van der Waals surface area contributed by atoms with Gasteiger partial charge < -0.3 is 20.1 Å². The monoisotopic (exact) mass is 156 g/mol. The van der Waals surface area contributed by atoms with Gasteiger partial charge in [-0.1, -0.05) is 0 Å². The molecule has 10 heteroatoms. The van der Waals surface area contributed by atoms with Crippen LogP contribution in [0.1, 0.15) is 0 Å². The molecule has 0 saturated heterocycles. The Kier molecular flexibility index (Phi) is 11.0. The van der Waals surface area contributed by atoms with Crippen molar-refractivity contribution in [2.45, 2.75) is 0 Å². The smallest absolute Gasteiger partial charge is 0.400 e. The minimum Gasteiger partial charge on any atom is -0.400 e. The zero-order chi connectivity index (χ0) is 8.57. The van der Waals surface area contributed by atoms with E-state index in [2.05, 4.69) is 9.61 Å². The summed E-state index contributed by atoms with van der Waals surface area (Å²) in [6.45, 7) is 0. The van der Waals surface area contributed by atoms with Crippen molar-refractivity contribution in [3.8, 4) is 0 Å². The quantitative estimate of drug-likeness (QED) is 0.140. The van der Waals surface area contributed by atoms with E-state index in [9.17, 15) is 0 Å². The normalized spacial score (nSPS) is 7.80. The third-order valence-electron chi connectivity index (χ3n) is 0.189. The van der Waals surface area contributed by atoms with Crippen LogP contribution in [0, 0.1) is 0 Å². The van der Waals surface area contributed by atoms with Crippen molar-refractivity contribution in [1.82, 2.24) is 0 Å². The standard InChI is InChI=1S/2BH3O4/c2*2-1(3)5-4/h2*2-4H. The van der Waals surface area contributed by atoms with E-state index in [4.69, 9.17) is 30.6 Å². The third kappa shape index (κ3) is 25.0. The first-order chi connectivity index (χ1) is 4.54. The molecule has 8 nitrogen and oxygen atoms in total. The summed E-state index contributed by atoms with van der Waals surface area (Å²) in [5.41, 5.74) is 0. The topological polar surface area (TPSA) is 140 Å². The second-order valence-electron chi connectivity index (χ2n) is 0.863. The molecule has 0 aromatic heterocycles. The lowest BCUT2D eigenvalue weighted by Crippen LogP contribution is -2.13. The van der Waals surface area contributed by atoms with Gasteiger partial charge in [0, 0.05) is 0 Å². The van der Waals surface area contributed by atoms with Crippen molar-refractivity contribution >= 4 is 14.6 Å². The van der Waals surface area contributed by atoms with Crippen molar-refractivity contribution < 1.29 is 40.2 Å². The first kappa shape index (κ1) is 12.5. The van der Waals surface area contributed by atoms with E-state index in [1.807, 2.05) is 0 Å². The SMILES string of the molecule is OOB(O)O.OOB(O)O. The van der Waals surface area contributed by atoms with Gasteiger partial charge in [0.2, 0.25) is 0 Å². The number of hydrogen-bond donors (Lipinski definition) is 6. The van der Waals surface area contributed by atoms with E-state index in [1.54, 1.807) is 0 Å². The summed E-state index contributed by atoms with van der Waals surface area (Å²) in [6, 6.07) is 0. The molecular weight excluding hydrogens is 150 g/mol. The molecule has 0 aromatic carbocycles. The van der Waals surface area contributed by atoms with Crippen LogP contribution in [0.5, 0.6) is 0 Å². The van der Waals surface area contributed by atoms with Gasteiger partial charge in [-0.3, -0.25) is 10.5 Å². The summed E-state index contributed by atoms with van der Waals surface area (Å²) in [4.78, 5) is 5.72. The maximum atomic E-state index is 7.44. The van der Waals surface area contributed by atoms with Crippen LogP contribution in [-0.2, 0) is 9.61 Å². The van der Waals surface area contributed by atoms with E-state index >= 15 is 0 Å². The van der Waals surface area contributed by atoms with Crippen LogP contribution in [0.15, 0.2) is 0 Å². The maximum Gasteiger partial charge on any atom is 0.662 e. The molecule has 10 heavy (non-hydrogen) atoms.